The van der Waals surface area contributed by atoms with Crippen LogP contribution in [0.5, 0.6) is 0 Å². The lowest BCUT2D eigenvalue weighted by Crippen LogP contribution is -2.58. The number of epoxide rings is 1. The Labute approximate surface area is 135 Å². The monoisotopic (exact) mass is 312 g/mol. The molecule has 128 valence electrons. The summed E-state index contributed by atoms with van der Waals surface area (Å²) < 4.78 is 23.9. The average molecular weight is 312 g/mol. The lowest BCUT2D eigenvalue weighted by molar-refractivity contribution is -0.182. The molecular formula is C18H32O4. The van der Waals surface area contributed by atoms with Gasteiger partial charge in [0.05, 0.1) is 36.6 Å². The van der Waals surface area contributed by atoms with E-state index in [-0.39, 0.29) is 29.3 Å². The number of hydrogen-bond donors (Lipinski definition) is 0. The van der Waals surface area contributed by atoms with Crippen LogP contribution < -0.4 is 0 Å². The molecule has 1 heterocycles. The molecule has 4 heteroatoms. The molecule has 1 aliphatic carbocycles. The third kappa shape index (κ3) is 3.73. The van der Waals surface area contributed by atoms with Crippen LogP contribution in [-0.2, 0) is 18.9 Å². The minimum absolute atomic E-state index is 0.0119. The summed E-state index contributed by atoms with van der Waals surface area (Å²) in [7, 11) is 1.78. The van der Waals surface area contributed by atoms with Crippen LogP contribution in [-0.4, -0.2) is 50.3 Å². The van der Waals surface area contributed by atoms with E-state index in [0.717, 1.165) is 19.4 Å². The first-order valence-electron chi connectivity index (χ1n) is 8.42. The number of hydrogen-bond acceptors (Lipinski definition) is 4. The van der Waals surface area contributed by atoms with Crippen molar-refractivity contribution < 1.29 is 18.9 Å². The minimum Gasteiger partial charge on any atom is -0.378 e. The van der Waals surface area contributed by atoms with Crippen molar-refractivity contribution in [2.45, 2.75) is 70.9 Å². The van der Waals surface area contributed by atoms with Crippen molar-refractivity contribution in [1.29, 1.82) is 0 Å². The molecular weight excluding hydrogens is 280 g/mol. The van der Waals surface area contributed by atoms with E-state index in [1.807, 2.05) is 6.92 Å². The van der Waals surface area contributed by atoms with Crippen LogP contribution in [0.4, 0.5) is 0 Å². The van der Waals surface area contributed by atoms with Gasteiger partial charge in [-0.05, 0) is 47.5 Å². The SMILES string of the molecule is CCOC1CC[C@]2(CO2)C(C(C)(C)OCC=C(C)C)C1OC. The summed E-state index contributed by atoms with van der Waals surface area (Å²) in [4.78, 5) is 0. The summed E-state index contributed by atoms with van der Waals surface area (Å²) >= 11 is 0. The Morgan fingerprint density at radius 2 is 2.05 bits per heavy atom. The van der Waals surface area contributed by atoms with Crippen LogP contribution in [0.15, 0.2) is 11.6 Å². The Balaban J connectivity index is 2.16. The molecule has 0 amide bonds. The van der Waals surface area contributed by atoms with Gasteiger partial charge in [0.25, 0.3) is 0 Å². The van der Waals surface area contributed by atoms with Crippen LogP contribution in [0.2, 0.25) is 0 Å². The van der Waals surface area contributed by atoms with E-state index in [1.165, 1.54) is 5.57 Å². The Bertz CT molecular complexity index is 394. The molecule has 0 N–H and O–H groups in total. The zero-order chi connectivity index (χ0) is 16.4. The van der Waals surface area contributed by atoms with Crippen LogP contribution in [0.25, 0.3) is 0 Å². The summed E-state index contributed by atoms with van der Waals surface area (Å²) in [5.41, 5.74) is 0.870. The molecule has 1 saturated carbocycles. The maximum Gasteiger partial charge on any atom is 0.0998 e. The van der Waals surface area contributed by atoms with E-state index in [9.17, 15) is 0 Å². The molecule has 4 nitrogen and oxygen atoms in total. The first kappa shape index (κ1) is 17.9. The molecule has 4 atom stereocenters. The lowest BCUT2D eigenvalue weighted by Gasteiger charge is -2.47. The second-order valence-electron chi connectivity index (χ2n) is 7.26. The average Bonchev–Trinajstić information content (AvgIpc) is 3.20. The van der Waals surface area contributed by atoms with Crippen molar-refractivity contribution in [3.05, 3.63) is 11.6 Å². The highest BCUT2D eigenvalue weighted by Crippen LogP contribution is 2.52. The Hall–Kier alpha value is -0.420. The number of rotatable bonds is 7. The predicted octanol–water partition coefficient (Wildman–Crippen LogP) is 3.35. The zero-order valence-corrected chi connectivity index (χ0v) is 15.0. The van der Waals surface area contributed by atoms with Gasteiger partial charge in [-0.25, -0.2) is 0 Å². The third-order valence-electron chi connectivity index (χ3n) is 4.98. The van der Waals surface area contributed by atoms with Gasteiger partial charge in [-0.15, -0.1) is 0 Å². The lowest BCUT2D eigenvalue weighted by atomic mass is 9.68. The number of methoxy groups -OCH3 is 1. The molecule has 2 rings (SSSR count). The van der Waals surface area contributed by atoms with E-state index in [0.29, 0.717) is 13.2 Å². The van der Waals surface area contributed by atoms with Gasteiger partial charge < -0.3 is 18.9 Å². The number of ether oxygens (including phenoxy) is 4. The van der Waals surface area contributed by atoms with Gasteiger partial charge in [0.2, 0.25) is 0 Å². The highest BCUT2D eigenvalue weighted by Gasteiger charge is 2.63. The van der Waals surface area contributed by atoms with E-state index in [2.05, 4.69) is 33.8 Å². The second kappa shape index (κ2) is 7.00. The smallest absolute Gasteiger partial charge is 0.0998 e. The molecule has 0 radical (unpaired) electrons. The zero-order valence-electron chi connectivity index (χ0n) is 15.0. The summed E-state index contributed by atoms with van der Waals surface area (Å²) in [6.07, 6.45) is 4.27. The van der Waals surface area contributed by atoms with Gasteiger partial charge in [0.15, 0.2) is 0 Å². The van der Waals surface area contributed by atoms with Crippen molar-refractivity contribution in [3.63, 3.8) is 0 Å². The maximum absolute atomic E-state index is 6.22. The van der Waals surface area contributed by atoms with E-state index >= 15 is 0 Å². The highest BCUT2D eigenvalue weighted by molar-refractivity contribution is 5.12. The van der Waals surface area contributed by atoms with E-state index in [1.54, 1.807) is 7.11 Å². The molecule has 0 aromatic carbocycles. The van der Waals surface area contributed by atoms with Gasteiger partial charge in [-0.1, -0.05) is 11.6 Å². The van der Waals surface area contributed by atoms with Crippen molar-refractivity contribution in [1.82, 2.24) is 0 Å². The van der Waals surface area contributed by atoms with E-state index in [4.69, 9.17) is 18.9 Å². The van der Waals surface area contributed by atoms with Gasteiger partial charge in [-0.2, -0.15) is 0 Å². The Kier molecular flexibility index (Phi) is 5.70. The summed E-state index contributed by atoms with van der Waals surface area (Å²) in [6.45, 7) is 12.7. The van der Waals surface area contributed by atoms with Crippen LogP contribution in [0, 0.1) is 5.92 Å². The van der Waals surface area contributed by atoms with Crippen LogP contribution in [0.1, 0.15) is 47.5 Å². The molecule has 22 heavy (non-hydrogen) atoms. The van der Waals surface area contributed by atoms with Crippen LogP contribution >= 0.6 is 0 Å². The fourth-order valence-electron chi connectivity index (χ4n) is 3.86. The largest absolute Gasteiger partial charge is 0.378 e. The standard InChI is InChI=1S/C18H32O4/c1-7-20-14-8-10-18(12-22-18)16(15(14)19-6)17(4,5)21-11-9-13(2)3/h9,14-16H,7-8,10-12H2,1-6H3/t14?,15?,16?,18-/m0/s1. The normalized spacial score (nSPS) is 34.7. The molecule has 0 aromatic heterocycles. The summed E-state index contributed by atoms with van der Waals surface area (Å²) in [5.74, 6) is 0.181. The van der Waals surface area contributed by atoms with E-state index < -0.39 is 0 Å². The first-order valence-corrected chi connectivity index (χ1v) is 8.42. The van der Waals surface area contributed by atoms with Crippen molar-refractivity contribution in [2.75, 3.05) is 26.9 Å². The fourth-order valence-corrected chi connectivity index (χ4v) is 3.86. The highest BCUT2D eigenvalue weighted by atomic mass is 16.6. The summed E-state index contributed by atoms with van der Waals surface area (Å²) in [6, 6.07) is 0. The van der Waals surface area contributed by atoms with Crippen molar-refractivity contribution in [3.8, 4) is 0 Å². The van der Waals surface area contributed by atoms with Gasteiger partial charge >= 0.3 is 0 Å². The van der Waals surface area contributed by atoms with Gasteiger partial charge in [-0.3, -0.25) is 0 Å². The van der Waals surface area contributed by atoms with Crippen LogP contribution in [0.3, 0.4) is 0 Å². The molecule has 2 aliphatic rings. The summed E-state index contributed by atoms with van der Waals surface area (Å²) in [5, 5.41) is 0. The molecule has 2 fully saturated rings. The third-order valence-corrected chi connectivity index (χ3v) is 4.98. The number of allylic oxidation sites excluding steroid dienone is 1. The topological polar surface area (TPSA) is 40.2 Å². The second-order valence-corrected chi connectivity index (χ2v) is 7.26. The predicted molar refractivity (Wildman–Crippen MR) is 87.1 cm³/mol. The molecule has 1 aliphatic heterocycles. The molecule has 3 unspecified atom stereocenters. The molecule has 0 aromatic rings. The first-order chi connectivity index (χ1) is 10.4. The minimum atomic E-state index is -0.321. The molecule has 1 spiro atoms. The Morgan fingerprint density at radius 1 is 1.36 bits per heavy atom. The van der Waals surface area contributed by atoms with Crippen molar-refractivity contribution in [2.24, 2.45) is 5.92 Å². The molecule has 0 bridgehead atoms. The Morgan fingerprint density at radius 3 is 2.55 bits per heavy atom. The van der Waals surface area contributed by atoms with Gasteiger partial charge in [0, 0.05) is 19.6 Å². The molecule has 1 saturated heterocycles. The fraction of sp³-hybridized carbons (Fsp3) is 0.889. The maximum atomic E-state index is 6.22. The van der Waals surface area contributed by atoms with Crippen molar-refractivity contribution >= 4 is 0 Å². The van der Waals surface area contributed by atoms with Gasteiger partial charge in [0.1, 0.15) is 0 Å². The quantitative estimate of drug-likeness (QED) is 0.534.